The largest absolute Gasteiger partial charge is 0.457 e. The molecule has 0 N–H and O–H groups in total. The van der Waals surface area contributed by atoms with E-state index in [-0.39, 0.29) is 24.8 Å². The molecule has 0 amide bonds. The number of hydrogen-bond acceptors (Lipinski definition) is 4. The first kappa shape index (κ1) is 29.4. The lowest BCUT2D eigenvalue weighted by Crippen LogP contribution is -2.47. The summed E-state index contributed by atoms with van der Waals surface area (Å²) in [4.78, 5) is 5.07. The third-order valence-electron chi connectivity index (χ3n) is 5.99. The number of benzene rings is 3. The first-order chi connectivity index (χ1) is 16.2. The van der Waals surface area contributed by atoms with Crippen LogP contribution in [0.15, 0.2) is 78.9 Å². The van der Waals surface area contributed by atoms with E-state index >= 15 is 0 Å². The average Bonchev–Trinajstić information content (AvgIpc) is 2.84. The van der Waals surface area contributed by atoms with Crippen molar-refractivity contribution in [1.82, 2.24) is 9.80 Å². The predicted molar refractivity (Wildman–Crippen MR) is 150 cm³/mol. The van der Waals surface area contributed by atoms with E-state index in [4.69, 9.17) is 21.1 Å². The van der Waals surface area contributed by atoms with Gasteiger partial charge < -0.3 is 14.4 Å². The fourth-order valence-corrected chi connectivity index (χ4v) is 4.36. The molecular weight excluding hydrogens is 503 g/mol. The number of aryl methyl sites for hydroxylation is 1. The Labute approximate surface area is 227 Å². The number of rotatable bonds is 11. The van der Waals surface area contributed by atoms with Crippen LogP contribution in [-0.2, 0) is 17.8 Å². The van der Waals surface area contributed by atoms with Crippen molar-refractivity contribution in [2.24, 2.45) is 0 Å². The zero-order valence-electron chi connectivity index (χ0n) is 20.0. The van der Waals surface area contributed by atoms with Gasteiger partial charge >= 0.3 is 0 Å². The minimum Gasteiger partial charge on any atom is -0.457 e. The monoisotopic (exact) mass is 536 g/mol. The molecule has 4 rings (SSSR count). The molecule has 3 aromatic rings. The lowest BCUT2D eigenvalue weighted by Gasteiger charge is -2.34. The smallest absolute Gasteiger partial charge is 0.127 e. The molecule has 0 aromatic heterocycles. The van der Waals surface area contributed by atoms with E-state index in [0.29, 0.717) is 6.61 Å². The van der Waals surface area contributed by atoms with Crippen LogP contribution in [0.2, 0.25) is 5.02 Å². The molecule has 190 valence electrons. The molecule has 0 bridgehead atoms. The van der Waals surface area contributed by atoms with Crippen molar-refractivity contribution in [3.8, 4) is 11.5 Å². The highest BCUT2D eigenvalue weighted by Crippen LogP contribution is 2.22. The Balaban J connectivity index is 0.00000216. The summed E-state index contributed by atoms with van der Waals surface area (Å²) in [5, 5.41) is 0.830. The molecule has 1 heterocycles. The first-order valence-electron chi connectivity index (χ1n) is 11.8. The summed E-state index contributed by atoms with van der Waals surface area (Å²) in [5.41, 5.74) is 2.46. The van der Waals surface area contributed by atoms with Gasteiger partial charge in [-0.25, -0.2) is 0 Å². The van der Waals surface area contributed by atoms with Crippen LogP contribution in [0.3, 0.4) is 0 Å². The molecule has 0 atom stereocenters. The molecule has 35 heavy (non-hydrogen) atoms. The second-order valence-corrected chi connectivity index (χ2v) is 8.97. The fourth-order valence-electron chi connectivity index (χ4n) is 4.14. The van der Waals surface area contributed by atoms with Crippen LogP contribution < -0.4 is 4.74 Å². The molecular formula is C28H35Cl3N2O2. The highest BCUT2D eigenvalue weighted by Gasteiger charge is 2.16. The summed E-state index contributed by atoms with van der Waals surface area (Å²) in [6, 6.07) is 26.2. The van der Waals surface area contributed by atoms with E-state index in [1.54, 1.807) is 0 Å². The summed E-state index contributed by atoms with van der Waals surface area (Å²) in [7, 11) is 0. The molecule has 0 radical (unpaired) electrons. The van der Waals surface area contributed by atoms with Crippen molar-refractivity contribution in [2.75, 3.05) is 45.9 Å². The lowest BCUT2D eigenvalue weighted by atomic mass is 10.1. The Bertz CT molecular complexity index is 983. The second kappa shape index (κ2) is 16.1. The van der Waals surface area contributed by atoms with E-state index in [0.717, 1.165) is 74.4 Å². The number of ether oxygens (including phenoxy) is 2. The first-order valence-corrected chi connectivity index (χ1v) is 12.2. The Morgan fingerprint density at radius 2 is 1.34 bits per heavy atom. The molecule has 4 nitrogen and oxygen atoms in total. The maximum absolute atomic E-state index is 6.08. The predicted octanol–water partition coefficient (Wildman–Crippen LogP) is 6.74. The standard InChI is InChI=1S/C28H33ClN2O2.2ClH/c29-26-10-4-7-24(21-26)9-6-14-30-15-17-31(18-16-30)19-20-32-23-25-8-5-13-28(22-25)33-27-11-2-1-3-12-27;;/h1-5,7-8,10-13,21-22H,6,9,14-20,23H2;2*1H. The van der Waals surface area contributed by atoms with Gasteiger partial charge in [0, 0.05) is 37.7 Å². The van der Waals surface area contributed by atoms with Crippen molar-refractivity contribution >= 4 is 36.4 Å². The van der Waals surface area contributed by atoms with Crippen LogP contribution in [0.4, 0.5) is 0 Å². The topological polar surface area (TPSA) is 24.9 Å². The average molecular weight is 538 g/mol. The normalized spacial score (nSPS) is 14.1. The van der Waals surface area contributed by atoms with Gasteiger partial charge in [0.05, 0.1) is 13.2 Å². The third kappa shape index (κ3) is 10.4. The third-order valence-corrected chi connectivity index (χ3v) is 6.23. The minimum atomic E-state index is 0. The Morgan fingerprint density at radius 1 is 0.686 bits per heavy atom. The van der Waals surface area contributed by atoms with E-state index in [1.165, 1.54) is 12.0 Å². The van der Waals surface area contributed by atoms with Crippen molar-refractivity contribution in [1.29, 1.82) is 0 Å². The van der Waals surface area contributed by atoms with E-state index in [9.17, 15) is 0 Å². The van der Waals surface area contributed by atoms with Crippen LogP contribution in [0, 0.1) is 0 Å². The van der Waals surface area contributed by atoms with Crippen LogP contribution >= 0.6 is 36.4 Å². The zero-order chi connectivity index (χ0) is 22.7. The number of halogens is 3. The van der Waals surface area contributed by atoms with Crippen LogP contribution in [-0.4, -0.2) is 55.7 Å². The fraction of sp³-hybridized carbons (Fsp3) is 0.357. The number of piperazine rings is 1. The molecule has 0 unspecified atom stereocenters. The quantitative estimate of drug-likeness (QED) is 0.253. The van der Waals surface area contributed by atoms with Gasteiger partial charge in [0.25, 0.3) is 0 Å². The lowest BCUT2D eigenvalue weighted by molar-refractivity contribution is 0.0682. The van der Waals surface area contributed by atoms with Gasteiger partial charge in [0.1, 0.15) is 11.5 Å². The van der Waals surface area contributed by atoms with Gasteiger partial charge in [0.2, 0.25) is 0 Å². The Kier molecular flexibility index (Phi) is 13.5. The van der Waals surface area contributed by atoms with Gasteiger partial charge in [-0.2, -0.15) is 0 Å². The summed E-state index contributed by atoms with van der Waals surface area (Å²) in [6.07, 6.45) is 2.27. The van der Waals surface area contributed by atoms with Crippen molar-refractivity contribution < 1.29 is 9.47 Å². The summed E-state index contributed by atoms with van der Waals surface area (Å²) in [5.74, 6) is 1.69. The Hall–Kier alpha value is -1.79. The van der Waals surface area contributed by atoms with Crippen molar-refractivity contribution in [2.45, 2.75) is 19.4 Å². The molecule has 1 fully saturated rings. The van der Waals surface area contributed by atoms with E-state index in [2.05, 4.69) is 34.1 Å². The summed E-state index contributed by atoms with van der Waals surface area (Å²) >= 11 is 6.08. The number of para-hydroxylation sites is 1. The van der Waals surface area contributed by atoms with Gasteiger partial charge in [-0.05, 0) is 66.9 Å². The molecule has 0 saturated carbocycles. The maximum Gasteiger partial charge on any atom is 0.127 e. The van der Waals surface area contributed by atoms with Crippen LogP contribution in [0.5, 0.6) is 11.5 Å². The molecule has 1 aliphatic rings. The van der Waals surface area contributed by atoms with Crippen molar-refractivity contribution in [3.63, 3.8) is 0 Å². The molecule has 3 aromatic carbocycles. The van der Waals surface area contributed by atoms with Gasteiger partial charge in [-0.1, -0.05) is 54.1 Å². The van der Waals surface area contributed by atoms with E-state index < -0.39 is 0 Å². The molecule has 0 spiro atoms. The molecule has 0 aliphatic carbocycles. The van der Waals surface area contributed by atoms with Gasteiger partial charge in [-0.3, -0.25) is 4.90 Å². The summed E-state index contributed by atoms with van der Waals surface area (Å²) in [6.45, 7) is 7.98. The Morgan fingerprint density at radius 3 is 2.09 bits per heavy atom. The van der Waals surface area contributed by atoms with Crippen LogP contribution in [0.1, 0.15) is 17.5 Å². The zero-order valence-corrected chi connectivity index (χ0v) is 22.4. The molecule has 1 aliphatic heterocycles. The SMILES string of the molecule is Cl.Cl.Clc1cccc(CCCN2CCN(CCOCc3cccc(Oc4ccccc4)c3)CC2)c1. The van der Waals surface area contributed by atoms with E-state index in [1.807, 2.05) is 54.6 Å². The van der Waals surface area contributed by atoms with Crippen LogP contribution in [0.25, 0.3) is 0 Å². The molecule has 7 heteroatoms. The minimum absolute atomic E-state index is 0. The number of hydrogen-bond donors (Lipinski definition) is 0. The second-order valence-electron chi connectivity index (χ2n) is 8.53. The van der Waals surface area contributed by atoms with Crippen molar-refractivity contribution in [3.05, 3.63) is 95.0 Å². The molecule has 1 saturated heterocycles. The maximum atomic E-state index is 6.08. The van der Waals surface area contributed by atoms with Gasteiger partial charge in [0.15, 0.2) is 0 Å². The highest BCUT2D eigenvalue weighted by atomic mass is 35.5. The van der Waals surface area contributed by atoms with Gasteiger partial charge in [-0.15, -0.1) is 24.8 Å². The highest BCUT2D eigenvalue weighted by molar-refractivity contribution is 6.30. The number of nitrogens with zero attached hydrogens (tertiary/aromatic N) is 2. The summed E-state index contributed by atoms with van der Waals surface area (Å²) < 4.78 is 11.9.